The van der Waals surface area contributed by atoms with E-state index < -0.39 is 0 Å². The fourth-order valence-electron chi connectivity index (χ4n) is 6.82. The Labute approximate surface area is 155 Å². The van der Waals surface area contributed by atoms with Crippen LogP contribution >= 0.6 is 11.3 Å². The molecule has 3 nitrogen and oxygen atoms in total. The highest BCUT2D eigenvalue weighted by Gasteiger charge is 2.52. The second-order valence-electron chi connectivity index (χ2n) is 9.27. The fraction of sp³-hybridized carbons (Fsp3) is 0.762. The molecule has 4 bridgehead atoms. The predicted octanol–water partition coefficient (Wildman–Crippen LogP) is 4.36. The molecule has 0 spiro atoms. The predicted molar refractivity (Wildman–Crippen MR) is 102 cm³/mol. The standard InChI is InChI=1S/C21H30N2OS/c1-14(23-6-2-4-18(23)19-5-3-7-25-19)20(24)22-21-11-15-8-16(12-21)10-17(9-15)13-21/h3,5,7,14-18H,2,4,6,8-13H2,1H3,(H,22,24). The third-order valence-electron chi connectivity index (χ3n) is 7.47. The van der Waals surface area contributed by atoms with Gasteiger partial charge in [0, 0.05) is 16.5 Å². The molecule has 25 heavy (non-hydrogen) atoms. The highest BCUT2D eigenvalue weighted by atomic mass is 32.1. The lowest BCUT2D eigenvalue weighted by Gasteiger charge is -2.57. The van der Waals surface area contributed by atoms with Gasteiger partial charge in [0.05, 0.1) is 6.04 Å². The molecule has 1 saturated heterocycles. The summed E-state index contributed by atoms with van der Waals surface area (Å²) in [4.78, 5) is 17.0. The van der Waals surface area contributed by atoms with Gasteiger partial charge in [-0.15, -0.1) is 11.3 Å². The van der Waals surface area contributed by atoms with Crippen LogP contribution in [0.5, 0.6) is 0 Å². The highest BCUT2D eigenvalue weighted by molar-refractivity contribution is 7.10. The minimum atomic E-state index is -0.0115. The van der Waals surface area contributed by atoms with Gasteiger partial charge in [0.25, 0.3) is 0 Å². The Kier molecular flexibility index (Phi) is 3.97. The maximum atomic E-state index is 13.2. The van der Waals surface area contributed by atoms with E-state index in [1.165, 1.54) is 56.2 Å². The number of nitrogens with one attached hydrogen (secondary N) is 1. The molecule has 6 rings (SSSR count). The first kappa shape index (κ1) is 16.3. The lowest BCUT2D eigenvalue weighted by atomic mass is 9.53. The van der Waals surface area contributed by atoms with Crippen LogP contribution in [0.4, 0.5) is 0 Å². The first-order valence-electron chi connectivity index (χ1n) is 10.2. The molecule has 4 heteroatoms. The van der Waals surface area contributed by atoms with E-state index in [4.69, 9.17) is 0 Å². The summed E-state index contributed by atoms with van der Waals surface area (Å²) >= 11 is 1.83. The summed E-state index contributed by atoms with van der Waals surface area (Å²) in [7, 11) is 0. The van der Waals surface area contributed by atoms with Gasteiger partial charge in [-0.25, -0.2) is 0 Å². The SMILES string of the molecule is CC(C(=O)NC12CC3CC(CC(C3)C1)C2)N1CCCC1c1cccs1. The van der Waals surface area contributed by atoms with Crippen molar-refractivity contribution in [2.45, 2.75) is 75.9 Å². The molecule has 1 aliphatic heterocycles. The lowest BCUT2D eigenvalue weighted by Crippen LogP contribution is -2.62. The molecule has 2 unspecified atom stereocenters. The van der Waals surface area contributed by atoms with Crippen LogP contribution in [0.3, 0.4) is 0 Å². The molecule has 0 aromatic carbocycles. The van der Waals surface area contributed by atoms with Crippen LogP contribution in [0, 0.1) is 17.8 Å². The topological polar surface area (TPSA) is 32.3 Å². The van der Waals surface area contributed by atoms with E-state index in [0.29, 0.717) is 6.04 Å². The second kappa shape index (κ2) is 6.09. The third-order valence-corrected chi connectivity index (χ3v) is 8.44. The molecule has 4 aliphatic carbocycles. The average molecular weight is 359 g/mol. The van der Waals surface area contributed by atoms with Crippen LogP contribution < -0.4 is 5.32 Å². The zero-order chi connectivity index (χ0) is 17.0. The number of likely N-dealkylation sites (tertiary alicyclic amines) is 1. The van der Waals surface area contributed by atoms with E-state index >= 15 is 0 Å². The zero-order valence-electron chi connectivity index (χ0n) is 15.2. The van der Waals surface area contributed by atoms with Gasteiger partial charge in [0.2, 0.25) is 5.91 Å². The van der Waals surface area contributed by atoms with E-state index in [0.717, 1.165) is 24.3 Å². The molecule has 5 fully saturated rings. The summed E-state index contributed by atoms with van der Waals surface area (Å²) in [6, 6.07) is 4.80. The molecule has 4 saturated carbocycles. The molecular weight excluding hydrogens is 328 g/mol. The third kappa shape index (κ3) is 2.86. The molecule has 2 atom stereocenters. The highest BCUT2D eigenvalue weighted by Crippen LogP contribution is 2.55. The maximum Gasteiger partial charge on any atom is 0.237 e. The first-order valence-corrected chi connectivity index (χ1v) is 11.1. The Morgan fingerprint density at radius 1 is 1.24 bits per heavy atom. The van der Waals surface area contributed by atoms with Crippen molar-refractivity contribution in [3.05, 3.63) is 22.4 Å². The van der Waals surface area contributed by atoms with Crippen LogP contribution in [0.2, 0.25) is 0 Å². The number of hydrogen-bond acceptors (Lipinski definition) is 3. The van der Waals surface area contributed by atoms with Gasteiger partial charge in [-0.2, -0.15) is 0 Å². The minimum Gasteiger partial charge on any atom is -0.349 e. The normalized spacial score (nSPS) is 41.2. The number of nitrogens with zero attached hydrogens (tertiary/aromatic N) is 1. The van der Waals surface area contributed by atoms with Gasteiger partial charge in [0.1, 0.15) is 0 Å². The van der Waals surface area contributed by atoms with E-state index in [1.807, 2.05) is 11.3 Å². The fourth-order valence-corrected chi connectivity index (χ4v) is 7.70. The molecule has 1 N–H and O–H groups in total. The van der Waals surface area contributed by atoms with Gasteiger partial charge in [-0.3, -0.25) is 9.69 Å². The van der Waals surface area contributed by atoms with E-state index in [-0.39, 0.29) is 17.5 Å². The van der Waals surface area contributed by atoms with Gasteiger partial charge in [-0.05, 0) is 94.0 Å². The minimum absolute atomic E-state index is 0.0115. The quantitative estimate of drug-likeness (QED) is 0.867. The van der Waals surface area contributed by atoms with Crippen molar-refractivity contribution in [2.75, 3.05) is 6.54 Å². The maximum absolute atomic E-state index is 13.2. The number of amides is 1. The van der Waals surface area contributed by atoms with Crippen molar-refractivity contribution >= 4 is 17.2 Å². The van der Waals surface area contributed by atoms with E-state index in [1.54, 1.807) is 0 Å². The molecule has 1 amide bonds. The number of carbonyl (C=O) groups excluding carboxylic acids is 1. The van der Waals surface area contributed by atoms with Crippen LogP contribution in [-0.2, 0) is 4.79 Å². The molecule has 1 aromatic heterocycles. The molecule has 5 aliphatic rings. The molecule has 136 valence electrons. The number of carbonyl (C=O) groups is 1. The summed E-state index contributed by atoms with van der Waals surface area (Å²) in [5.74, 6) is 2.93. The Bertz CT molecular complexity index is 605. The number of rotatable bonds is 4. The molecule has 1 aromatic rings. The Morgan fingerprint density at radius 3 is 2.52 bits per heavy atom. The molecule has 2 heterocycles. The first-order chi connectivity index (χ1) is 12.1. The zero-order valence-corrected chi connectivity index (χ0v) is 16.1. The summed E-state index contributed by atoms with van der Waals surface area (Å²) in [5, 5.41) is 5.75. The van der Waals surface area contributed by atoms with Gasteiger partial charge in [-0.1, -0.05) is 6.07 Å². The summed E-state index contributed by atoms with van der Waals surface area (Å²) in [5.41, 5.74) is 0.137. The summed E-state index contributed by atoms with van der Waals surface area (Å²) in [6.07, 6.45) is 10.4. The largest absolute Gasteiger partial charge is 0.349 e. The van der Waals surface area contributed by atoms with Crippen molar-refractivity contribution in [2.24, 2.45) is 17.8 Å². The second-order valence-corrected chi connectivity index (χ2v) is 10.3. The van der Waals surface area contributed by atoms with Crippen molar-refractivity contribution in [3.8, 4) is 0 Å². The van der Waals surface area contributed by atoms with Crippen molar-refractivity contribution < 1.29 is 4.79 Å². The Hall–Kier alpha value is -0.870. The van der Waals surface area contributed by atoms with Crippen molar-refractivity contribution in [3.63, 3.8) is 0 Å². The van der Waals surface area contributed by atoms with Gasteiger partial charge in [0.15, 0.2) is 0 Å². The van der Waals surface area contributed by atoms with Crippen LogP contribution in [0.15, 0.2) is 17.5 Å². The van der Waals surface area contributed by atoms with Gasteiger partial charge < -0.3 is 5.32 Å². The van der Waals surface area contributed by atoms with Gasteiger partial charge >= 0.3 is 0 Å². The lowest BCUT2D eigenvalue weighted by molar-refractivity contribution is -0.132. The van der Waals surface area contributed by atoms with E-state index in [9.17, 15) is 4.79 Å². The van der Waals surface area contributed by atoms with Crippen LogP contribution in [0.1, 0.15) is 69.2 Å². The van der Waals surface area contributed by atoms with Crippen molar-refractivity contribution in [1.82, 2.24) is 10.2 Å². The van der Waals surface area contributed by atoms with E-state index in [2.05, 4.69) is 34.7 Å². The van der Waals surface area contributed by atoms with Crippen LogP contribution in [0.25, 0.3) is 0 Å². The smallest absolute Gasteiger partial charge is 0.237 e. The average Bonchev–Trinajstić information content (AvgIpc) is 3.23. The number of hydrogen-bond donors (Lipinski definition) is 1. The van der Waals surface area contributed by atoms with Crippen molar-refractivity contribution in [1.29, 1.82) is 0 Å². The van der Waals surface area contributed by atoms with Crippen LogP contribution in [-0.4, -0.2) is 28.9 Å². The summed E-state index contributed by atoms with van der Waals surface area (Å²) in [6.45, 7) is 3.18. The summed E-state index contributed by atoms with van der Waals surface area (Å²) < 4.78 is 0. The monoisotopic (exact) mass is 358 g/mol. The Balaban J connectivity index is 1.29. The molecular formula is C21H30N2OS. The number of thiophene rings is 1. The Morgan fingerprint density at radius 2 is 1.92 bits per heavy atom. The molecule has 0 radical (unpaired) electrons.